The Balaban J connectivity index is 1.24. The number of aromatic amines is 2. The van der Waals surface area contributed by atoms with E-state index < -0.39 is 5.82 Å². The number of halogens is 1. The number of pyridine rings is 2. The first-order valence-corrected chi connectivity index (χ1v) is 14.7. The van der Waals surface area contributed by atoms with Crippen molar-refractivity contribution in [2.75, 3.05) is 5.32 Å². The van der Waals surface area contributed by atoms with Crippen LogP contribution >= 0.6 is 11.3 Å². The molecule has 1 fully saturated rings. The monoisotopic (exact) mass is 579 g/mol. The minimum absolute atomic E-state index is 0.000454. The molecule has 1 aliphatic rings. The van der Waals surface area contributed by atoms with Gasteiger partial charge in [0.2, 0.25) is 5.91 Å². The summed E-state index contributed by atoms with van der Waals surface area (Å²) < 4.78 is 15.4. The molecule has 11 heteroatoms. The highest BCUT2D eigenvalue weighted by Gasteiger charge is 2.22. The summed E-state index contributed by atoms with van der Waals surface area (Å²) >= 11 is 1.37. The third-order valence-electron chi connectivity index (χ3n) is 7.75. The summed E-state index contributed by atoms with van der Waals surface area (Å²) in [5.41, 5.74) is 4.53. The maximum atomic E-state index is 15.4. The van der Waals surface area contributed by atoms with E-state index in [2.05, 4.69) is 30.5 Å². The van der Waals surface area contributed by atoms with Crippen molar-refractivity contribution in [3.05, 3.63) is 65.7 Å². The van der Waals surface area contributed by atoms with E-state index in [1.807, 2.05) is 12.1 Å². The lowest BCUT2D eigenvalue weighted by molar-refractivity contribution is -0.120. The molecule has 9 nitrogen and oxygen atoms in total. The third-order valence-corrected chi connectivity index (χ3v) is 8.95. The number of anilines is 1. The summed E-state index contributed by atoms with van der Waals surface area (Å²) in [5, 5.41) is 11.0. The predicted octanol–water partition coefficient (Wildman–Crippen LogP) is 7.15. The van der Waals surface area contributed by atoms with Crippen LogP contribution in [0.15, 0.2) is 55.0 Å². The fourth-order valence-electron chi connectivity index (χ4n) is 5.59. The predicted molar refractivity (Wildman–Crippen MR) is 161 cm³/mol. The number of fused-ring (bicyclic) bond motifs is 2. The number of carbonyl (C=O) groups is 2. The molecule has 0 radical (unpaired) electrons. The Morgan fingerprint density at radius 3 is 2.69 bits per heavy atom. The van der Waals surface area contributed by atoms with E-state index in [1.54, 1.807) is 36.8 Å². The zero-order valence-corrected chi connectivity index (χ0v) is 23.5. The number of amides is 1. The van der Waals surface area contributed by atoms with Crippen molar-refractivity contribution >= 4 is 50.7 Å². The van der Waals surface area contributed by atoms with Crippen LogP contribution in [0.3, 0.4) is 0 Å². The maximum Gasteiger partial charge on any atom is 0.227 e. The van der Waals surface area contributed by atoms with E-state index in [4.69, 9.17) is 4.98 Å². The third kappa shape index (κ3) is 4.75. The van der Waals surface area contributed by atoms with E-state index in [1.165, 1.54) is 30.7 Å². The van der Waals surface area contributed by atoms with Gasteiger partial charge in [-0.25, -0.2) is 9.37 Å². The molecule has 1 aromatic carbocycles. The van der Waals surface area contributed by atoms with Crippen LogP contribution in [-0.2, 0) is 4.79 Å². The summed E-state index contributed by atoms with van der Waals surface area (Å²) in [5.74, 6) is 0.0443. The number of H-pyrrole nitrogens is 2. The van der Waals surface area contributed by atoms with Gasteiger partial charge in [-0.15, -0.1) is 11.3 Å². The Morgan fingerprint density at radius 1 is 1.02 bits per heavy atom. The van der Waals surface area contributed by atoms with E-state index in [0.717, 1.165) is 36.1 Å². The zero-order valence-electron chi connectivity index (χ0n) is 22.7. The molecule has 0 unspecified atom stereocenters. The molecule has 7 rings (SSSR count). The molecule has 5 aromatic heterocycles. The van der Waals surface area contributed by atoms with E-state index in [0.29, 0.717) is 55.3 Å². The van der Waals surface area contributed by atoms with Crippen molar-refractivity contribution in [3.63, 3.8) is 0 Å². The minimum Gasteiger partial charge on any atom is -0.336 e. The summed E-state index contributed by atoms with van der Waals surface area (Å²) in [4.78, 5) is 43.1. The van der Waals surface area contributed by atoms with Crippen LogP contribution in [0.2, 0.25) is 0 Å². The molecular weight excluding hydrogens is 553 g/mol. The summed E-state index contributed by atoms with van der Waals surface area (Å²) in [6, 6.07) is 10.4. The van der Waals surface area contributed by atoms with Crippen molar-refractivity contribution in [2.45, 2.75) is 39.0 Å². The Hall–Kier alpha value is -4.77. The highest BCUT2D eigenvalue weighted by atomic mass is 32.1. The lowest BCUT2D eigenvalue weighted by Crippen LogP contribution is -2.24. The fraction of sp³-hybridized carbons (Fsp3) is 0.226. The topological polar surface area (TPSA) is 129 Å². The molecule has 0 saturated heterocycles. The van der Waals surface area contributed by atoms with Gasteiger partial charge in [0.25, 0.3) is 0 Å². The molecule has 6 aromatic rings. The normalized spacial score (nSPS) is 14.0. The maximum absolute atomic E-state index is 15.4. The Labute approximate surface area is 243 Å². The number of rotatable bonds is 6. The number of carbonyl (C=O) groups excluding carboxylic acids is 2. The van der Waals surface area contributed by atoms with Gasteiger partial charge in [-0.2, -0.15) is 5.10 Å². The molecule has 0 spiro atoms. The Kier molecular flexibility index (Phi) is 6.58. The molecule has 0 aliphatic heterocycles. The lowest BCUT2D eigenvalue weighted by Gasteiger charge is -2.20. The van der Waals surface area contributed by atoms with Gasteiger partial charge < -0.3 is 10.3 Å². The molecular formula is C31H26FN7O2S. The molecule has 1 amide bonds. The SMILES string of the molecule is CC(=O)c1ccc(-c2nccc3[nH]c(-c4n[nH]c5cc(F)c(-c6cncc(NC(=O)C7CCCCC7)c6)cc45)nc23)s1. The smallest absolute Gasteiger partial charge is 0.227 e. The van der Waals surface area contributed by atoms with Gasteiger partial charge in [0.15, 0.2) is 11.6 Å². The Morgan fingerprint density at radius 2 is 1.88 bits per heavy atom. The van der Waals surface area contributed by atoms with Gasteiger partial charge in [-0.3, -0.25) is 24.7 Å². The van der Waals surface area contributed by atoms with Gasteiger partial charge in [0.05, 0.1) is 32.7 Å². The minimum atomic E-state index is -0.440. The molecule has 42 heavy (non-hydrogen) atoms. The second-order valence-corrected chi connectivity index (χ2v) is 11.7. The first-order chi connectivity index (χ1) is 20.4. The fourth-order valence-corrected chi connectivity index (χ4v) is 6.49. The Bertz CT molecular complexity index is 1990. The first-order valence-electron chi connectivity index (χ1n) is 13.8. The van der Waals surface area contributed by atoms with Gasteiger partial charge in [-0.05, 0) is 50.1 Å². The number of aromatic nitrogens is 6. The van der Waals surface area contributed by atoms with Gasteiger partial charge in [-0.1, -0.05) is 19.3 Å². The van der Waals surface area contributed by atoms with Crippen LogP contribution in [0, 0.1) is 11.7 Å². The van der Waals surface area contributed by atoms with Crippen LogP contribution in [0.5, 0.6) is 0 Å². The number of hydrogen-bond donors (Lipinski definition) is 3. The largest absolute Gasteiger partial charge is 0.336 e. The van der Waals surface area contributed by atoms with Gasteiger partial charge in [0.1, 0.15) is 22.7 Å². The van der Waals surface area contributed by atoms with Crippen molar-refractivity contribution in [3.8, 4) is 33.2 Å². The standard InChI is InChI=1S/C31H26FN7O2S/c1-16(40)25-7-8-26(42-25)29-28-23(9-10-34-29)36-30(37-28)27-21-12-20(22(32)13-24(21)38-39-27)18-11-19(15-33-14-18)35-31(41)17-5-3-2-4-6-17/h7-15,17H,2-6H2,1H3,(H,35,41)(H,36,37)(H,38,39). The molecule has 0 bridgehead atoms. The first kappa shape index (κ1) is 26.1. The number of benzene rings is 1. The molecule has 3 N–H and O–H groups in total. The quantitative estimate of drug-likeness (QED) is 0.180. The van der Waals surface area contributed by atoms with E-state index in [-0.39, 0.29) is 17.6 Å². The van der Waals surface area contributed by atoms with Gasteiger partial charge in [0, 0.05) is 40.9 Å². The molecule has 0 atom stereocenters. The summed E-state index contributed by atoms with van der Waals surface area (Å²) in [6.45, 7) is 1.54. The molecule has 5 heterocycles. The number of thiophene rings is 1. The average molecular weight is 580 g/mol. The van der Waals surface area contributed by atoms with Crippen LogP contribution in [0.25, 0.3) is 55.2 Å². The summed E-state index contributed by atoms with van der Waals surface area (Å²) in [6.07, 6.45) is 9.92. The number of ketones is 1. The van der Waals surface area contributed by atoms with Crippen molar-refractivity contribution in [1.29, 1.82) is 0 Å². The van der Waals surface area contributed by atoms with Crippen LogP contribution in [0.4, 0.5) is 10.1 Å². The number of nitrogens with zero attached hydrogens (tertiary/aromatic N) is 4. The van der Waals surface area contributed by atoms with Crippen LogP contribution < -0.4 is 5.32 Å². The van der Waals surface area contributed by atoms with Gasteiger partial charge >= 0.3 is 0 Å². The highest BCUT2D eigenvalue weighted by Crippen LogP contribution is 2.36. The van der Waals surface area contributed by atoms with Crippen molar-refractivity contribution < 1.29 is 14.0 Å². The number of imidazole rings is 1. The molecule has 210 valence electrons. The lowest BCUT2D eigenvalue weighted by atomic mass is 9.88. The van der Waals surface area contributed by atoms with Crippen molar-refractivity contribution in [2.24, 2.45) is 5.92 Å². The van der Waals surface area contributed by atoms with E-state index in [9.17, 15) is 9.59 Å². The van der Waals surface area contributed by atoms with Crippen LogP contribution in [-0.4, -0.2) is 41.8 Å². The molecule has 1 saturated carbocycles. The highest BCUT2D eigenvalue weighted by molar-refractivity contribution is 7.17. The summed E-state index contributed by atoms with van der Waals surface area (Å²) in [7, 11) is 0. The second kappa shape index (κ2) is 10.6. The second-order valence-electron chi connectivity index (χ2n) is 10.6. The van der Waals surface area contributed by atoms with Crippen molar-refractivity contribution in [1.82, 2.24) is 30.1 Å². The molecule has 1 aliphatic carbocycles. The number of Topliss-reactive ketones (excluding diaryl/α,β-unsaturated/α-hetero) is 1. The van der Waals surface area contributed by atoms with Crippen LogP contribution in [0.1, 0.15) is 48.7 Å². The number of hydrogen-bond acceptors (Lipinski definition) is 7. The van der Waals surface area contributed by atoms with E-state index >= 15 is 4.39 Å². The number of nitrogens with one attached hydrogen (secondary N) is 3. The average Bonchev–Trinajstić information content (AvgIpc) is 3.75. The zero-order chi connectivity index (χ0) is 28.8.